The normalized spacial score (nSPS) is 10.2. The van der Waals surface area contributed by atoms with Crippen LogP contribution < -0.4 is 0 Å². The molecule has 0 atom stereocenters. The molecule has 14 heteroatoms. The predicted molar refractivity (Wildman–Crippen MR) is 133 cm³/mol. The fourth-order valence-electron chi connectivity index (χ4n) is 4.07. The Morgan fingerprint density at radius 1 is 0.550 bits per heavy atom. The van der Waals surface area contributed by atoms with Gasteiger partial charge in [-0.3, -0.25) is 0 Å². The zero-order chi connectivity index (χ0) is 29.0. The van der Waals surface area contributed by atoms with Crippen LogP contribution in [-0.2, 0) is 4.74 Å². The van der Waals surface area contributed by atoms with E-state index >= 15 is 0 Å². The van der Waals surface area contributed by atoms with Crippen molar-refractivity contribution < 1.29 is 69.6 Å². The number of esters is 1. The lowest BCUT2D eigenvalue weighted by atomic mass is 9.82. The predicted octanol–water partition coefficient (Wildman–Crippen LogP) is 1.84. The molecule has 0 radical (unpaired) electrons. The third-order valence-corrected chi connectivity index (χ3v) is 5.54. The molecule has 0 saturated carbocycles. The molecule has 8 N–H and O–H groups in total. The molecule has 208 valence electrons. The third-order valence-electron chi connectivity index (χ3n) is 5.54. The minimum absolute atomic E-state index is 0. The molecule has 0 fully saturated rings. The van der Waals surface area contributed by atoms with Gasteiger partial charge in [0.05, 0.1) is 40.0 Å². The lowest BCUT2D eigenvalue weighted by molar-refractivity contribution is 0.0426. The van der Waals surface area contributed by atoms with E-state index in [0.29, 0.717) is 0 Å². The summed E-state index contributed by atoms with van der Waals surface area (Å²) in [5.74, 6) is -9.83. The average molecular weight is 556 g/mol. The topological polar surface area (TPSA) is 265 Å². The van der Waals surface area contributed by atoms with E-state index in [1.165, 1.54) is 6.07 Å². The summed E-state index contributed by atoms with van der Waals surface area (Å²) >= 11 is 0. The summed E-state index contributed by atoms with van der Waals surface area (Å²) in [7, 11) is 0. The Balaban J connectivity index is 0.00000560. The summed E-state index contributed by atoms with van der Waals surface area (Å²) in [5, 5.41) is 58.0. The van der Waals surface area contributed by atoms with E-state index in [1.807, 2.05) is 0 Å². The van der Waals surface area contributed by atoms with E-state index < -0.39 is 93.5 Å². The van der Waals surface area contributed by atoms with Crippen LogP contribution in [0.1, 0.15) is 62.1 Å². The van der Waals surface area contributed by atoms with Gasteiger partial charge in [0.1, 0.15) is 6.61 Å². The molecule has 0 heterocycles. The number of carbonyl (C=O) groups is 6. The molecule has 3 rings (SSSR count). The zero-order valence-corrected chi connectivity index (χ0v) is 20.1. The number of ether oxygens (including phenoxy) is 1. The van der Waals surface area contributed by atoms with Crippen molar-refractivity contribution in [2.24, 2.45) is 0 Å². The summed E-state index contributed by atoms with van der Waals surface area (Å²) in [6.45, 7) is -1.12. The minimum Gasteiger partial charge on any atom is -0.478 e. The van der Waals surface area contributed by atoms with Crippen molar-refractivity contribution >= 4 is 35.8 Å². The Bertz CT molecular complexity index is 1550. The van der Waals surface area contributed by atoms with Crippen LogP contribution in [0.2, 0.25) is 0 Å². The fourth-order valence-corrected chi connectivity index (χ4v) is 4.07. The largest absolute Gasteiger partial charge is 0.478 e. The van der Waals surface area contributed by atoms with Crippen LogP contribution in [0, 0.1) is 0 Å². The smallest absolute Gasteiger partial charge is 0.339 e. The number of hydrogen-bond donors (Lipinski definition) is 6. The van der Waals surface area contributed by atoms with Gasteiger partial charge in [-0.1, -0.05) is 30.3 Å². The van der Waals surface area contributed by atoms with Gasteiger partial charge in [0.2, 0.25) is 0 Å². The van der Waals surface area contributed by atoms with Crippen molar-refractivity contribution in [1.82, 2.24) is 0 Å². The molecule has 0 aliphatic carbocycles. The number of carboxylic acids is 5. The molecule has 3 aromatic rings. The van der Waals surface area contributed by atoms with Crippen molar-refractivity contribution in [3.63, 3.8) is 0 Å². The maximum absolute atomic E-state index is 12.7. The molecule has 40 heavy (non-hydrogen) atoms. The van der Waals surface area contributed by atoms with Gasteiger partial charge >= 0.3 is 35.8 Å². The van der Waals surface area contributed by atoms with E-state index in [4.69, 9.17) is 9.84 Å². The van der Waals surface area contributed by atoms with Crippen LogP contribution in [0.5, 0.6) is 0 Å². The molecule has 0 amide bonds. The number of carbonyl (C=O) groups excluding carboxylic acids is 1. The lowest BCUT2D eigenvalue weighted by Gasteiger charge is -2.20. The summed E-state index contributed by atoms with van der Waals surface area (Å²) < 4.78 is 4.82. The van der Waals surface area contributed by atoms with Crippen molar-refractivity contribution in [2.45, 2.75) is 0 Å². The Hall–Kier alpha value is -5.60. The summed E-state index contributed by atoms with van der Waals surface area (Å²) in [5.41, 5.74) is -6.33. The van der Waals surface area contributed by atoms with E-state index in [9.17, 15) is 54.3 Å². The summed E-state index contributed by atoms with van der Waals surface area (Å²) in [6.07, 6.45) is 0. The second-order valence-electron chi connectivity index (χ2n) is 7.75. The highest BCUT2D eigenvalue weighted by Gasteiger charge is 2.32. The molecule has 0 aromatic heterocycles. The van der Waals surface area contributed by atoms with Crippen molar-refractivity contribution in [3.8, 4) is 22.3 Å². The SMILES string of the molecule is O.O=C(O)c1cccc(-c2ccc(C(=O)OCCO)c(C(=O)O)c2-c2cccc(C(=O)O)c2C(=O)O)c1C(=O)O. The van der Waals surface area contributed by atoms with Crippen LogP contribution >= 0.6 is 0 Å². The van der Waals surface area contributed by atoms with Gasteiger partial charge in [-0.05, 0) is 34.9 Å². The number of aliphatic hydroxyl groups excluding tert-OH is 1. The van der Waals surface area contributed by atoms with E-state index in [-0.39, 0.29) is 16.6 Å². The van der Waals surface area contributed by atoms with Gasteiger partial charge in [-0.2, -0.15) is 0 Å². The van der Waals surface area contributed by atoms with E-state index in [0.717, 1.165) is 42.5 Å². The van der Waals surface area contributed by atoms with E-state index in [2.05, 4.69) is 0 Å². The van der Waals surface area contributed by atoms with Crippen molar-refractivity contribution in [1.29, 1.82) is 0 Å². The van der Waals surface area contributed by atoms with Crippen LogP contribution in [0.25, 0.3) is 22.3 Å². The highest BCUT2D eigenvalue weighted by molar-refractivity contribution is 6.16. The lowest BCUT2D eigenvalue weighted by Crippen LogP contribution is -2.17. The molecule has 0 aliphatic heterocycles. The van der Waals surface area contributed by atoms with Gasteiger partial charge in [-0.25, -0.2) is 28.8 Å². The standard InChI is InChI=1S/C26H18O13.H2O/c27-9-10-39-26(38)16-8-7-12(11-3-1-5-14(21(28)29)18(11)23(32)33)17(20(16)25(36)37)13-4-2-6-15(22(30)31)19(13)24(34)35;/h1-8,27H,9-10H2,(H,28,29)(H,30,31)(H,32,33)(H,34,35)(H,36,37);1H2. The molecular weight excluding hydrogens is 536 g/mol. The molecule has 3 aromatic carbocycles. The Morgan fingerprint density at radius 3 is 1.48 bits per heavy atom. The quantitative estimate of drug-likeness (QED) is 0.195. The monoisotopic (exact) mass is 556 g/mol. The number of hydrogen-bond acceptors (Lipinski definition) is 8. The molecular formula is C26H20O14. The molecule has 0 unspecified atom stereocenters. The highest BCUT2D eigenvalue weighted by atomic mass is 16.5. The van der Waals surface area contributed by atoms with Crippen LogP contribution in [0.3, 0.4) is 0 Å². The third kappa shape index (κ3) is 5.62. The minimum atomic E-state index is -1.80. The molecule has 0 bridgehead atoms. The second-order valence-corrected chi connectivity index (χ2v) is 7.75. The molecule has 14 nitrogen and oxygen atoms in total. The van der Waals surface area contributed by atoms with Gasteiger partial charge in [0, 0.05) is 5.56 Å². The number of aliphatic hydroxyl groups is 1. The molecule has 0 spiro atoms. The van der Waals surface area contributed by atoms with Crippen LogP contribution in [0.4, 0.5) is 0 Å². The number of benzene rings is 3. The number of rotatable bonds is 10. The Labute approximate surface area is 223 Å². The summed E-state index contributed by atoms with van der Waals surface area (Å²) in [6, 6.07) is 8.43. The Morgan fingerprint density at radius 2 is 1.02 bits per heavy atom. The number of aromatic carboxylic acids is 5. The first kappa shape index (κ1) is 30.6. The maximum Gasteiger partial charge on any atom is 0.339 e. The fraction of sp³-hybridized carbons (Fsp3) is 0.0769. The molecule has 0 saturated heterocycles. The first-order valence-corrected chi connectivity index (χ1v) is 10.8. The van der Waals surface area contributed by atoms with Gasteiger partial charge < -0.3 is 40.9 Å². The maximum atomic E-state index is 12.7. The van der Waals surface area contributed by atoms with Crippen LogP contribution in [-0.4, -0.2) is 85.1 Å². The van der Waals surface area contributed by atoms with E-state index in [1.54, 1.807) is 0 Å². The number of carboxylic acid groups (broad SMARTS) is 5. The van der Waals surface area contributed by atoms with Crippen molar-refractivity contribution in [2.75, 3.05) is 13.2 Å². The zero-order valence-electron chi connectivity index (χ0n) is 20.1. The van der Waals surface area contributed by atoms with Crippen LogP contribution in [0.15, 0.2) is 48.5 Å². The average Bonchev–Trinajstić information content (AvgIpc) is 2.89. The first-order valence-electron chi connectivity index (χ1n) is 10.8. The van der Waals surface area contributed by atoms with Gasteiger partial charge in [-0.15, -0.1) is 0 Å². The van der Waals surface area contributed by atoms with Gasteiger partial charge in [0.15, 0.2) is 0 Å². The highest BCUT2D eigenvalue weighted by Crippen LogP contribution is 2.41. The van der Waals surface area contributed by atoms with Crippen molar-refractivity contribution in [3.05, 3.63) is 81.9 Å². The molecule has 0 aliphatic rings. The summed E-state index contributed by atoms with van der Waals surface area (Å²) in [4.78, 5) is 73.2. The Kier molecular flexibility index (Phi) is 9.41. The van der Waals surface area contributed by atoms with Gasteiger partial charge in [0.25, 0.3) is 0 Å². The second kappa shape index (κ2) is 12.3. The first-order chi connectivity index (χ1) is 18.4.